The quantitative estimate of drug-likeness (QED) is 0.316. The molecule has 6 rings (SSSR count). The SMILES string of the molecule is CS(=O)(=O)N1CCc2ccc(-n3cnc4ccc(-c5ccc(OCCCN6CCCCC6)nc5)nc43)cc21. The number of imidazole rings is 1. The van der Waals surface area contributed by atoms with Gasteiger partial charge in [0.2, 0.25) is 15.9 Å². The van der Waals surface area contributed by atoms with Crippen LogP contribution in [0.5, 0.6) is 5.88 Å². The Morgan fingerprint density at radius 3 is 2.63 bits per heavy atom. The zero-order valence-electron chi connectivity index (χ0n) is 21.6. The van der Waals surface area contributed by atoms with Crippen molar-refractivity contribution in [3.63, 3.8) is 0 Å². The molecule has 0 N–H and O–H groups in total. The second-order valence-corrected chi connectivity index (χ2v) is 11.9. The third kappa shape index (κ3) is 5.10. The molecule has 0 saturated carbocycles. The summed E-state index contributed by atoms with van der Waals surface area (Å²) in [6, 6.07) is 13.6. The van der Waals surface area contributed by atoms with Gasteiger partial charge in [-0.25, -0.2) is 23.4 Å². The lowest BCUT2D eigenvalue weighted by Crippen LogP contribution is -2.31. The summed E-state index contributed by atoms with van der Waals surface area (Å²) in [6.45, 7) is 4.61. The molecule has 2 aliphatic heterocycles. The van der Waals surface area contributed by atoms with Gasteiger partial charge in [-0.2, -0.15) is 0 Å². The first-order chi connectivity index (χ1) is 18.5. The van der Waals surface area contributed by atoms with Gasteiger partial charge in [-0.15, -0.1) is 0 Å². The third-order valence-electron chi connectivity index (χ3n) is 7.34. The lowest BCUT2D eigenvalue weighted by atomic mass is 10.1. The Hall–Kier alpha value is -3.50. The van der Waals surface area contributed by atoms with Crippen LogP contribution in [0.4, 0.5) is 5.69 Å². The molecule has 9 nitrogen and oxygen atoms in total. The fourth-order valence-electron chi connectivity index (χ4n) is 5.34. The fourth-order valence-corrected chi connectivity index (χ4v) is 6.29. The highest BCUT2D eigenvalue weighted by atomic mass is 32.2. The number of aromatic nitrogens is 4. The maximum Gasteiger partial charge on any atom is 0.232 e. The van der Waals surface area contributed by atoms with Crippen molar-refractivity contribution >= 4 is 26.9 Å². The normalized spacial score (nSPS) is 16.2. The lowest BCUT2D eigenvalue weighted by Gasteiger charge is -2.26. The van der Waals surface area contributed by atoms with E-state index in [2.05, 4.69) is 14.9 Å². The Balaban J connectivity index is 1.18. The van der Waals surface area contributed by atoms with E-state index < -0.39 is 10.0 Å². The van der Waals surface area contributed by atoms with Crippen molar-refractivity contribution in [1.29, 1.82) is 0 Å². The number of ether oxygens (including phenoxy) is 1. The van der Waals surface area contributed by atoms with Gasteiger partial charge >= 0.3 is 0 Å². The summed E-state index contributed by atoms with van der Waals surface area (Å²) >= 11 is 0. The summed E-state index contributed by atoms with van der Waals surface area (Å²) in [5, 5.41) is 0. The van der Waals surface area contributed by atoms with Crippen molar-refractivity contribution in [2.75, 3.05) is 43.3 Å². The molecule has 4 aromatic rings. The van der Waals surface area contributed by atoms with Gasteiger partial charge in [0.25, 0.3) is 0 Å². The van der Waals surface area contributed by atoms with Gasteiger partial charge in [0, 0.05) is 30.9 Å². The Morgan fingerprint density at radius 2 is 1.84 bits per heavy atom. The van der Waals surface area contributed by atoms with Crippen LogP contribution < -0.4 is 9.04 Å². The van der Waals surface area contributed by atoms with E-state index in [0.717, 1.165) is 46.7 Å². The molecule has 1 aromatic carbocycles. The molecule has 0 atom stereocenters. The first-order valence-corrected chi connectivity index (χ1v) is 15.1. The van der Waals surface area contributed by atoms with E-state index in [1.165, 1.54) is 42.9 Å². The maximum absolute atomic E-state index is 12.2. The molecule has 0 aliphatic carbocycles. The van der Waals surface area contributed by atoms with E-state index in [1.807, 2.05) is 47.0 Å². The molecule has 0 unspecified atom stereocenters. The molecule has 1 fully saturated rings. The second-order valence-electron chi connectivity index (χ2n) is 10.0. The number of hydrogen-bond acceptors (Lipinski definition) is 7. The number of anilines is 1. The van der Waals surface area contributed by atoms with Crippen LogP contribution >= 0.6 is 0 Å². The molecule has 0 amide bonds. The van der Waals surface area contributed by atoms with Crippen LogP contribution in [0.2, 0.25) is 0 Å². The number of hydrogen-bond donors (Lipinski definition) is 0. The van der Waals surface area contributed by atoms with E-state index >= 15 is 0 Å². The van der Waals surface area contributed by atoms with E-state index in [1.54, 1.807) is 12.5 Å². The van der Waals surface area contributed by atoms with Crippen LogP contribution in [0.25, 0.3) is 28.1 Å². The monoisotopic (exact) mass is 532 g/mol. The summed E-state index contributed by atoms with van der Waals surface area (Å²) in [6.07, 6.45) is 10.4. The van der Waals surface area contributed by atoms with Crippen LogP contribution in [0.15, 0.2) is 55.0 Å². The molecule has 0 spiro atoms. The summed E-state index contributed by atoms with van der Waals surface area (Å²) in [5.74, 6) is 0.618. The average molecular weight is 533 g/mol. The molecule has 0 bridgehead atoms. The predicted molar refractivity (Wildman–Crippen MR) is 148 cm³/mol. The Labute approximate surface area is 223 Å². The Morgan fingerprint density at radius 1 is 0.974 bits per heavy atom. The molecule has 1 saturated heterocycles. The number of benzene rings is 1. The molecular weight excluding hydrogens is 500 g/mol. The standard InChI is InChI=1S/C28H32N6O3S/c1-38(35,36)34-16-12-21-6-8-23(18-26(21)34)33-20-30-25-10-9-24(31-28(25)33)22-7-11-27(29-19-22)37-17-5-15-32-13-3-2-4-14-32/h6-11,18-20H,2-5,12-17H2,1H3. The largest absolute Gasteiger partial charge is 0.478 e. The van der Waals surface area contributed by atoms with Crippen molar-refractivity contribution in [1.82, 2.24) is 24.4 Å². The van der Waals surface area contributed by atoms with Gasteiger partial charge in [0.05, 0.1) is 29.9 Å². The molecule has 38 heavy (non-hydrogen) atoms. The number of nitrogens with zero attached hydrogens (tertiary/aromatic N) is 6. The van der Waals surface area contributed by atoms with E-state index in [-0.39, 0.29) is 0 Å². The number of fused-ring (bicyclic) bond motifs is 2. The number of likely N-dealkylation sites (tertiary alicyclic amines) is 1. The molecular formula is C28H32N6O3S. The average Bonchev–Trinajstić information content (AvgIpc) is 3.56. The third-order valence-corrected chi connectivity index (χ3v) is 8.52. The van der Waals surface area contributed by atoms with Crippen LogP contribution in [0.1, 0.15) is 31.2 Å². The van der Waals surface area contributed by atoms with Crippen molar-refractivity contribution in [3.05, 3.63) is 60.6 Å². The number of sulfonamides is 1. The number of rotatable bonds is 8. The highest BCUT2D eigenvalue weighted by molar-refractivity contribution is 7.92. The van der Waals surface area contributed by atoms with Crippen molar-refractivity contribution < 1.29 is 13.2 Å². The first-order valence-electron chi connectivity index (χ1n) is 13.2. The predicted octanol–water partition coefficient (Wildman–Crippen LogP) is 4.06. The fraction of sp³-hybridized carbons (Fsp3) is 0.393. The summed E-state index contributed by atoms with van der Waals surface area (Å²) in [7, 11) is -3.33. The van der Waals surface area contributed by atoms with Crippen molar-refractivity contribution in [2.24, 2.45) is 0 Å². The highest BCUT2D eigenvalue weighted by Crippen LogP contribution is 2.33. The summed E-state index contributed by atoms with van der Waals surface area (Å²) in [4.78, 5) is 16.4. The van der Waals surface area contributed by atoms with E-state index in [0.29, 0.717) is 31.1 Å². The van der Waals surface area contributed by atoms with Crippen molar-refractivity contribution in [3.8, 4) is 22.8 Å². The summed E-state index contributed by atoms with van der Waals surface area (Å²) < 4.78 is 33.7. The molecule has 198 valence electrons. The topological polar surface area (TPSA) is 93.5 Å². The van der Waals surface area contributed by atoms with E-state index in [9.17, 15) is 8.42 Å². The molecule has 10 heteroatoms. The van der Waals surface area contributed by atoms with Crippen molar-refractivity contribution in [2.45, 2.75) is 32.1 Å². The first kappa shape index (κ1) is 24.8. The highest BCUT2D eigenvalue weighted by Gasteiger charge is 2.26. The number of piperidine rings is 1. The molecule has 2 aliphatic rings. The second kappa shape index (κ2) is 10.3. The van der Waals surface area contributed by atoms with Gasteiger partial charge in [-0.1, -0.05) is 12.5 Å². The smallest absolute Gasteiger partial charge is 0.232 e. The zero-order chi connectivity index (χ0) is 26.1. The minimum atomic E-state index is -3.33. The van der Waals surface area contributed by atoms with Gasteiger partial charge in [0.15, 0.2) is 5.65 Å². The van der Waals surface area contributed by atoms with Gasteiger partial charge < -0.3 is 9.64 Å². The Kier molecular flexibility index (Phi) is 6.75. The van der Waals surface area contributed by atoms with Gasteiger partial charge in [-0.3, -0.25) is 8.87 Å². The van der Waals surface area contributed by atoms with E-state index in [4.69, 9.17) is 9.72 Å². The minimum absolute atomic E-state index is 0.468. The lowest BCUT2D eigenvalue weighted by molar-refractivity contribution is 0.203. The maximum atomic E-state index is 12.2. The van der Waals surface area contributed by atoms with Gasteiger partial charge in [-0.05, 0) is 74.7 Å². The Bertz CT molecular complexity index is 1540. The van der Waals surface area contributed by atoms with Crippen LogP contribution in [-0.4, -0.2) is 71.9 Å². The van der Waals surface area contributed by atoms with Gasteiger partial charge in [0.1, 0.15) is 11.8 Å². The van der Waals surface area contributed by atoms with Crippen LogP contribution in [0, 0.1) is 0 Å². The molecule has 3 aromatic heterocycles. The number of pyridine rings is 2. The van der Waals surface area contributed by atoms with Crippen LogP contribution in [0.3, 0.4) is 0 Å². The molecule has 0 radical (unpaired) electrons. The van der Waals surface area contributed by atoms with Crippen LogP contribution in [-0.2, 0) is 16.4 Å². The zero-order valence-corrected chi connectivity index (χ0v) is 22.4. The summed E-state index contributed by atoms with van der Waals surface area (Å²) in [5.41, 5.74) is 5.69. The molecule has 5 heterocycles. The minimum Gasteiger partial charge on any atom is -0.478 e.